The van der Waals surface area contributed by atoms with Gasteiger partial charge in [0.1, 0.15) is 5.75 Å². The molecule has 3 N–H and O–H groups in total. The van der Waals surface area contributed by atoms with Crippen LogP contribution in [0.3, 0.4) is 0 Å². The highest BCUT2D eigenvalue weighted by molar-refractivity contribution is 5.85. The number of benzene rings is 1. The van der Waals surface area contributed by atoms with Crippen LogP contribution in [-0.4, -0.2) is 33.3 Å². The van der Waals surface area contributed by atoms with Gasteiger partial charge in [0.25, 0.3) is 0 Å². The number of amides is 1. The van der Waals surface area contributed by atoms with Gasteiger partial charge in [0.15, 0.2) is 11.5 Å². The first-order valence-electron chi connectivity index (χ1n) is 7.41. The van der Waals surface area contributed by atoms with Crippen molar-refractivity contribution in [1.82, 2.24) is 5.32 Å². The third-order valence-electron chi connectivity index (χ3n) is 4.08. The van der Waals surface area contributed by atoms with Crippen molar-refractivity contribution in [3.63, 3.8) is 0 Å². The molecule has 0 aromatic heterocycles. The highest BCUT2D eigenvalue weighted by Gasteiger charge is 2.27. The second-order valence-corrected chi connectivity index (χ2v) is 5.51. The molecule has 2 unspecified atom stereocenters. The van der Waals surface area contributed by atoms with Gasteiger partial charge in [-0.15, -0.1) is 12.4 Å². The smallest absolute Gasteiger partial charge is 0.223 e. The Morgan fingerprint density at radius 2 is 1.74 bits per heavy atom. The number of nitrogens with one attached hydrogen (secondary N) is 1. The van der Waals surface area contributed by atoms with E-state index in [1.165, 1.54) is 0 Å². The van der Waals surface area contributed by atoms with Crippen LogP contribution in [-0.2, 0) is 11.3 Å². The lowest BCUT2D eigenvalue weighted by atomic mass is 10.1. The van der Waals surface area contributed by atoms with Crippen LogP contribution in [0.25, 0.3) is 0 Å². The molecule has 2 atom stereocenters. The van der Waals surface area contributed by atoms with Crippen molar-refractivity contribution in [3.05, 3.63) is 17.7 Å². The van der Waals surface area contributed by atoms with Gasteiger partial charge >= 0.3 is 0 Å². The fourth-order valence-electron chi connectivity index (χ4n) is 2.81. The van der Waals surface area contributed by atoms with Gasteiger partial charge in [0, 0.05) is 30.1 Å². The van der Waals surface area contributed by atoms with Gasteiger partial charge < -0.3 is 25.3 Å². The van der Waals surface area contributed by atoms with E-state index in [9.17, 15) is 4.79 Å². The molecule has 0 bridgehead atoms. The molecule has 1 aromatic carbocycles. The lowest BCUT2D eigenvalue weighted by Crippen LogP contribution is -2.30. The van der Waals surface area contributed by atoms with Crippen LogP contribution in [0.15, 0.2) is 12.1 Å². The van der Waals surface area contributed by atoms with Crippen LogP contribution in [0.5, 0.6) is 17.2 Å². The van der Waals surface area contributed by atoms with Crippen molar-refractivity contribution in [2.45, 2.75) is 31.8 Å². The minimum Gasteiger partial charge on any atom is -0.496 e. The molecule has 2 rings (SSSR count). The van der Waals surface area contributed by atoms with Crippen LogP contribution in [0.2, 0.25) is 0 Å². The van der Waals surface area contributed by atoms with Crippen LogP contribution in [0.4, 0.5) is 0 Å². The number of hydrogen-bond donors (Lipinski definition) is 2. The maximum Gasteiger partial charge on any atom is 0.223 e. The number of carbonyl (C=O) groups excluding carboxylic acids is 1. The molecule has 0 saturated heterocycles. The van der Waals surface area contributed by atoms with Gasteiger partial charge in [0.2, 0.25) is 5.91 Å². The van der Waals surface area contributed by atoms with E-state index in [1.54, 1.807) is 27.4 Å². The van der Waals surface area contributed by atoms with E-state index >= 15 is 0 Å². The van der Waals surface area contributed by atoms with E-state index in [0.29, 0.717) is 23.8 Å². The zero-order valence-electron chi connectivity index (χ0n) is 13.8. The Morgan fingerprint density at radius 3 is 2.26 bits per heavy atom. The fraction of sp³-hybridized carbons (Fsp3) is 0.562. The summed E-state index contributed by atoms with van der Waals surface area (Å²) in [6.45, 7) is 0.383. The van der Waals surface area contributed by atoms with Gasteiger partial charge in [0.05, 0.1) is 21.3 Å². The summed E-state index contributed by atoms with van der Waals surface area (Å²) in [6, 6.07) is 3.72. The first-order valence-corrected chi connectivity index (χ1v) is 7.41. The normalized spacial score (nSPS) is 19.7. The molecule has 7 heteroatoms. The first-order chi connectivity index (χ1) is 10.6. The quantitative estimate of drug-likeness (QED) is 0.823. The number of ether oxygens (including phenoxy) is 3. The highest BCUT2D eigenvalue weighted by Crippen LogP contribution is 2.34. The number of halogens is 1. The molecule has 0 radical (unpaired) electrons. The number of nitrogens with two attached hydrogens (primary N) is 1. The standard InChI is InChI=1S/C16H24N2O4.ClH/c1-20-13-8-15(22-3)14(21-2)7-11(13)9-18-16(19)10-4-5-12(17)6-10;/h7-8,10,12H,4-6,9,17H2,1-3H3,(H,18,19);1H. The predicted molar refractivity (Wildman–Crippen MR) is 90.5 cm³/mol. The zero-order valence-corrected chi connectivity index (χ0v) is 14.6. The van der Waals surface area contributed by atoms with E-state index in [1.807, 2.05) is 6.07 Å². The van der Waals surface area contributed by atoms with Gasteiger partial charge in [-0.05, 0) is 25.3 Å². The molecule has 0 heterocycles. The van der Waals surface area contributed by atoms with Crippen molar-refractivity contribution in [1.29, 1.82) is 0 Å². The van der Waals surface area contributed by atoms with E-state index in [-0.39, 0.29) is 30.3 Å². The molecule has 130 valence electrons. The van der Waals surface area contributed by atoms with E-state index < -0.39 is 0 Å². The second kappa shape index (κ2) is 8.84. The number of carbonyl (C=O) groups is 1. The third kappa shape index (κ3) is 4.65. The van der Waals surface area contributed by atoms with Crippen LogP contribution < -0.4 is 25.3 Å². The average Bonchev–Trinajstić information content (AvgIpc) is 2.98. The molecule has 1 saturated carbocycles. The maximum atomic E-state index is 12.2. The number of hydrogen-bond acceptors (Lipinski definition) is 5. The Morgan fingerprint density at radius 1 is 1.13 bits per heavy atom. The Kier molecular flexibility index (Phi) is 7.45. The van der Waals surface area contributed by atoms with Gasteiger partial charge in [-0.1, -0.05) is 0 Å². The van der Waals surface area contributed by atoms with Crippen molar-refractivity contribution >= 4 is 18.3 Å². The van der Waals surface area contributed by atoms with Crippen molar-refractivity contribution in [2.75, 3.05) is 21.3 Å². The molecule has 1 aliphatic carbocycles. The van der Waals surface area contributed by atoms with Gasteiger partial charge in [-0.25, -0.2) is 0 Å². The van der Waals surface area contributed by atoms with E-state index in [2.05, 4.69) is 5.32 Å². The average molecular weight is 345 g/mol. The summed E-state index contributed by atoms with van der Waals surface area (Å²) >= 11 is 0. The van der Waals surface area contributed by atoms with Crippen molar-refractivity contribution in [3.8, 4) is 17.2 Å². The summed E-state index contributed by atoms with van der Waals surface area (Å²) in [5.41, 5.74) is 6.70. The molecule has 1 amide bonds. The SMILES string of the molecule is COc1cc(OC)c(OC)cc1CNC(=O)C1CCC(N)C1.Cl. The Balaban J connectivity index is 0.00000264. The molecular weight excluding hydrogens is 320 g/mol. The Bertz CT molecular complexity index is 539. The number of rotatable bonds is 6. The van der Waals surface area contributed by atoms with Gasteiger partial charge in [-0.3, -0.25) is 4.79 Å². The largest absolute Gasteiger partial charge is 0.496 e. The molecule has 1 fully saturated rings. The number of methoxy groups -OCH3 is 3. The second-order valence-electron chi connectivity index (χ2n) is 5.51. The summed E-state index contributed by atoms with van der Waals surface area (Å²) in [5, 5.41) is 2.95. The van der Waals surface area contributed by atoms with Crippen LogP contribution in [0.1, 0.15) is 24.8 Å². The van der Waals surface area contributed by atoms with Gasteiger partial charge in [-0.2, -0.15) is 0 Å². The predicted octanol–water partition coefficient (Wildman–Crippen LogP) is 1.88. The summed E-state index contributed by atoms with van der Waals surface area (Å²) < 4.78 is 15.9. The van der Waals surface area contributed by atoms with Crippen LogP contribution >= 0.6 is 12.4 Å². The van der Waals surface area contributed by atoms with Crippen molar-refractivity contribution in [2.24, 2.45) is 11.7 Å². The molecule has 0 spiro atoms. The molecule has 6 nitrogen and oxygen atoms in total. The molecule has 23 heavy (non-hydrogen) atoms. The first kappa shape index (κ1) is 19.4. The third-order valence-corrected chi connectivity index (χ3v) is 4.08. The summed E-state index contributed by atoms with van der Waals surface area (Å²) in [6.07, 6.45) is 2.53. The monoisotopic (exact) mass is 344 g/mol. The Hall–Kier alpha value is -1.66. The minimum atomic E-state index is 0. The minimum absolute atomic E-state index is 0. The maximum absolute atomic E-state index is 12.2. The molecule has 0 aliphatic heterocycles. The lowest BCUT2D eigenvalue weighted by Gasteiger charge is -2.16. The topological polar surface area (TPSA) is 82.8 Å². The van der Waals surface area contributed by atoms with Crippen LogP contribution in [0, 0.1) is 5.92 Å². The highest BCUT2D eigenvalue weighted by atomic mass is 35.5. The zero-order chi connectivity index (χ0) is 16.1. The summed E-state index contributed by atoms with van der Waals surface area (Å²) in [7, 11) is 4.73. The molecule has 1 aliphatic rings. The van der Waals surface area contributed by atoms with E-state index in [4.69, 9.17) is 19.9 Å². The Labute approximate surface area is 143 Å². The molecule has 1 aromatic rings. The summed E-state index contributed by atoms with van der Waals surface area (Å²) in [4.78, 5) is 12.2. The lowest BCUT2D eigenvalue weighted by molar-refractivity contribution is -0.125. The van der Waals surface area contributed by atoms with Crippen molar-refractivity contribution < 1.29 is 19.0 Å². The molecular formula is C16H25ClN2O4. The summed E-state index contributed by atoms with van der Waals surface area (Å²) in [5.74, 6) is 1.92. The fourth-order valence-corrected chi connectivity index (χ4v) is 2.81. The van der Waals surface area contributed by atoms with E-state index in [0.717, 1.165) is 24.8 Å².